The second kappa shape index (κ2) is 8.38. The normalized spacial score (nSPS) is 12.0. The lowest BCUT2D eigenvalue weighted by molar-refractivity contribution is 0.237. The first-order chi connectivity index (χ1) is 11.5. The van der Waals surface area contributed by atoms with Gasteiger partial charge in [-0.05, 0) is 36.6 Å². The summed E-state index contributed by atoms with van der Waals surface area (Å²) < 4.78 is 7.40. The predicted octanol–water partition coefficient (Wildman–Crippen LogP) is 3.02. The highest BCUT2D eigenvalue weighted by Gasteiger charge is 2.10. The minimum absolute atomic E-state index is 0.0873. The number of rotatable bonds is 7. The summed E-state index contributed by atoms with van der Waals surface area (Å²) in [5.41, 5.74) is 1.98. The zero-order valence-electron chi connectivity index (χ0n) is 14.7. The Hall–Kier alpha value is -2.50. The molecule has 0 spiro atoms. The molecule has 1 atom stereocenters. The SMILES string of the molecule is CC(C)COc1ccc([C@H](C)NC(=O)NCc2ccnn2C)cc1. The van der Waals surface area contributed by atoms with Crippen LogP contribution in [0.2, 0.25) is 0 Å². The summed E-state index contributed by atoms with van der Waals surface area (Å²) in [5, 5.41) is 9.83. The van der Waals surface area contributed by atoms with Crippen LogP contribution in [0.15, 0.2) is 36.5 Å². The number of aryl methyl sites for hydroxylation is 1. The number of nitrogens with one attached hydrogen (secondary N) is 2. The van der Waals surface area contributed by atoms with E-state index in [1.165, 1.54) is 0 Å². The molecule has 1 heterocycles. The van der Waals surface area contributed by atoms with E-state index in [9.17, 15) is 4.79 Å². The van der Waals surface area contributed by atoms with Crippen LogP contribution in [0, 0.1) is 5.92 Å². The standard InChI is InChI=1S/C18H26N4O2/c1-13(2)12-24-17-7-5-15(6-8-17)14(3)21-18(23)19-11-16-9-10-20-22(16)4/h5-10,13-14H,11-12H2,1-4H3,(H2,19,21,23)/t14-/m0/s1. The lowest BCUT2D eigenvalue weighted by Crippen LogP contribution is -2.37. The molecule has 0 aliphatic rings. The lowest BCUT2D eigenvalue weighted by atomic mass is 10.1. The predicted molar refractivity (Wildman–Crippen MR) is 93.8 cm³/mol. The molecule has 2 aromatic rings. The van der Waals surface area contributed by atoms with Crippen molar-refractivity contribution in [2.75, 3.05) is 6.61 Å². The Morgan fingerprint density at radius 2 is 1.92 bits per heavy atom. The largest absolute Gasteiger partial charge is 0.493 e. The molecule has 0 bridgehead atoms. The van der Waals surface area contributed by atoms with E-state index in [0.717, 1.165) is 17.0 Å². The van der Waals surface area contributed by atoms with Gasteiger partial charge in [-0.25, -0.2) is 4.79 Å². The fourth-order valence-electron chi connectivity index (χ4n) is 2.19. The van der Waals surface area contributed by atoms with Crippen LogP contribution >= 0.6 is 0 Å². The quantitative estimate of drug-likeness (QED) is 0.820. The maximum atomic E-state index is 12.0. The van der Waals surface area contributed by atoms with Gasteiger partial charge in [-0.2, -0.15) is 5.10 Å². The molecule has 2 N–H and O–H groups in total. The zero-order chi connectivity index (χ0) is 17.5. The summed E-state index contributed by atoms with van der Waals surface area (Å²) in [6.07, 6.45) is 1.71. The summed E-state index contributed by atoms with van der Waals surface area (Å²) in [4.78, 5) is 12.0. The highest BCUT2D eigenvalue weighted by Crippen LogP contribution is 2.18. The zero-order valence-corrected chi connectivity index (χ0v) is 14.7. The second-order valence-corrected chi connectivity index (χ2v) is 6.27. The minimum Gasteiger partial charge on any atom is -0.493 e. The average molecular weight is 330 g/mol. The van der Waals surface area contributed by atoms with E-state index in [-0.39, 0.29) is 12.1 Å². The molecule has 24 heavy (non-hydrogen) atoms. The first kappa shape index (κ1) is 17.8. The van der Waals surface area contributed by atoms with Gasteiger partial charge >= 0.3 is 6.03 Å². The Morgan fingerprint density at radius 3 is 2.50 bits per heavy atom. The molecule has 1 aromatic carbocycles. The Morgan fingerprint density at radius 1 is 1.21 bits per heavy atom. The monoisotopic (exact) mass is 330 g/mol. The lowest BCUT2D eigenvalue weighted by Gasteiger charge is -2.16. The van der Waals surface area contributed by atoms with Crippen molar-refractivity contribution in [3.63, 3.8) is 0 Å². The summed E-state index contributed by atoms with van der Waals surface area (Å²) in [6.45, 7) is 7.32. The van der Waals surface area contributed by atoms with E-state index < -0.39 is 0 Å². The van der Waals surface area contributed by atoms with Crippen LogP contribution in [0.5, 0.6) is 5.75 Å². The maximum Gasteiger partial charge on any atom is 0.315 e. The van der Waals surface area contributed by atoms with Crippen LogP contribution in [0.25, 0.3) is 0 Å². The van der Waals surface area contributed by atoms with Crippen LogP contribution in [-0.4, -0.2) is 22.4 Å². The third kappa shape index (κ3) is 5.30. The number of ether oxygens (including phenoxy) is 1. The van der Waals surface area contributed by atoms with Gasteiger partial charge in [-0.3, -0.25) is 4.68 Å². The topological polar surface area (TPSA) is 68.2 Å². The number of carbonyl (C=O) groups is 1. The number of benzene rings is 1. The van der Waals surface area contributed by atoms with Gasteiger partial charge in [0.15, 0.2) is 0 Å². The van der Waals surface area contributed by atoms with Gasteiger partial charge in [0.05, 0.1) is 24.9 Å². The summed E-state index contributed by atoms with van der Waals surface area (Å²) in [6, 6.07) is 9.40. The molecule has 2 amide bonds. The van der Waals surface area contributed by atoms with Crippen LogP contribution in [0.4, 0.5) is 4.79 Å². The van der Waals surface area contributed by atoms with Crippen LogP contribution in [0.3, 0.4) is 0 Å². The third-order valence-electron chi connectivity index (χ3n) is 3.66. The number of hydrogen-bond donors (Lipinski definition) is 2. The molecule has 6 heteroatoms. The number of urea groups is 1. The molecule has 0 radical (unpaired) electrons. The van der Waals surface area contributed by atoms with Gasteiger partial charge in [0.25, 0.3) is 0 Å². The number of amides is 2. The molecule has 1 aromatic heterocycles. The summed E-state index contributed by atoms with van der Waals surface area (Å²) in [7, 11) is 1.85. The van der Waals surface area contributed by atoms with Crippen molar-refractivity contribution >= 4 is 6.03 Å². The van der Waals surface area contributed by atoms with Crippen molar-refractivity contribution in [2.45, 2.75) is 33.4 Å². The van der Waals surface area contributed by atoms with E-state index >= 15 is 0 Å². The first-order valence-electron chi connectivity index (χ1n) is 8.19. The van der Waals surface area contributed by atoms with E-state index in [1.54, 1.807) is 10.9 Å². The molecular formula is C18H26N4O2. The van der Waals surface area contributed by atoms with Crippen molar-refractivity contribution in [3.05, 3.63) is 47.8 Å². The van der Waals surface area contributed by atoms with Gasteiger partial charge < -0.3 is 15.4 Å². The second-order valence-electron chi connectivity index (χ2n) is 6.27. The molecule has 2 rings (SSSR count). The van der Waals surface area contributed by atoms with Crippen LogP contribution in [-0.2, 0) is 13.6 Å². The van der Waals surface area contributed by atoms with Crippen molar-refractivity contribution in [1.82, 2.24) is 20.4 Å². The van der Waals surface area contributed by atoms with Crippen molar-refractivity contribution in [2.24, 2.45) is 13.0 Å². The Bertz CT molecular complexity index is 649. The average Bonchev–Trinajstić information content (AvgIpc) is 2.96. The minimum atomic E-state index is -0.205. The molecule has 0 aliphatic heterocycles. The molecule has 0 saturated carbocycles. The number of carbonyl (C=O) groups excluding carboxylic acids is 1. The van der Waals surface area contributed by atoms with E-state index in [2.05, 4.69) is 29.6 Å². The highest BCUT2D eigenvalue weighted by atomic mass is 16.5. The van der Waals surface area contributed by atoms with Crippen molar-refractivity contribution in [1.29, 1.82) is 0 Å². The molecule has 0 aliphatic carbocycles. The van der Waals surface area contributed by atoms with Crippen LogP contribution < -0.4 is 15.4 Å². The molecule has 0 fully saturated rings. The van der Waals surface area contributed by atoms with Gasteiger partial charge in [0.2, 0.25) is 0 Å². The van der Waals surface area contributed by atoms with Gasteiger partial charge in [-0.1, -0.05) is 26.0 Å². The molecule has 0 saturated heterocycles. The van der Waals surface area contributed by atoms with Crippen molar-refractivity contribution < 1.29 is 9.53 Å². The summed E-state index contributed by atoms with van der Waals surface area (Å²) >= 11 is 0. The van der Waals surface area contributed by atoms with E-state index in [0.29, 0.717) is 19.1 Å². The smallest absolute Gasteiger partial charge is 0.315 e. The fourth-order valence-corrected chi connectivity index (χ4v) is 2.19. The molecule has 6 nitrogen and oxygen atoms in total. The van der Waals surface area contributed by atoms with Crippen molar-refractivity contribution in [3.8, 4) is 5.75 Å². The molecule has 0 unspecified atom stereocenters. The molecule has 130 valence electrons. The van der Waals surface area contributed by atoms with E-state index in [1.807, 2.05) is 44.3 Å². The first-order valence-corrected chi connectivity index (χ1v) is 8.19. The van der Waals surface area contributed by atoms with Gasteiger partial charge in [0.1, 0.15) is 5.75 Å². The van der Waals surface area contributed by atoms with Crippen LogP contribution in [0.1, 0.15) is 38.1 Å². The Labute approximate surface area is 143 Å². The Balaban J connectivity index is 1.81. The molecular weight excluding hydrogens is 304 g/mol. The van der Waals surface area contributed by atoms with E-state index in [4.69, 9.17) is 4.74 Å². The fraction of sp³-hybridized carbons (Fsp3) is 0.444. The Kier molecular flexibility index (Phi) is 6.23. The number of nitrogens with zero attached hydrogens (tertiary/aromatic N) is 2. The maximum absolute atomic E-state index is 12.0. The summed E-state index contributed by atoms with van der Waals surface area (Å²) in [5.74, 6) is 1.34. The number of aromatic nitrogens is 2. The van der Waals surface area contributed by atoms with Gasteiger partial charge in [0, 0.05) is 13.2 Å². The van der Waals surface area contributed by atoms with Gasteiger partial charge in [-0.15, -0.1) is 0 Å². The third-order valence-corrected chi connectivity index (χ3v) is 3.66. The number of hydrogen-bond acceptors (Lipinski definition) is 3. The highest BCUT2D eigenvalue weighted by molar-refractivity contribution is 5.74.